The molecule has 0 bridgehead atoms. The number of aromatic nitrogens is 2. The van der Waals surface area contributed by atoms with E-state index in [1.54, 1.807) is 16.1 Å². The van der Waals surface area contributed by atoms with Gasteiger partial charge in [-0.3, -0.25) is 14.6 Å². The molecule has 3 aromatic rings. The molecule has 0 fully saturated rings. The van der Waals surface area contributed by atoms with Crippen molar-refractivity contribution in [3.8, 4) is 0 Å². The number of pyridine rings is 1. The van der Waals surface area contributed by atoms with Crippen LogP contribution in [0.2, 0.25) is 0 Å². The normalized spacial score (nSPS) is 10.8. The number of aryl methyl sites for hydroxylation is 1. The van der Waals surface area contributed by atoms with Gasteiger partial charge in [0.2, 0.25) is 5.91 Å². The van der Waals surface area contributed by atoms with Gasteiger partial charge in [-0.15, -0.1) is 0 Å². The average Bonchev–Trinajstić information content (AvgIpc) is 2.84. The first-order chi connectivity index (χ1) is 10.6. The molecular weight excluding hydrogens is 298 g/mol. The van der Waals surface area contributed by atoms with Crippen LogP contribution in [-0.4, -0.2) is 15.5 Å². The minimum Gasteiger partial charge on any atom is -0.324 e. The van der Waals surface area contributed by atoms with Crippen molar-refractivity contribution in [1.29, 1.82) is 0 Å². The Morgan fingerprint density at radius 3 is 2.91 bits per heavy atom. The summed E-state index contributed by atoms with van der Waals surface area (Å²) in [6, 6.07) is 9.47. The van der Waals surface area contributed by atoms with E-state index in [1.165, 1.54) is 0 Å². The molecule has 3 rings (SSSR count). The van der Waals surface area contributed by atoms with Gasteiger partial charge in [-0.1, -0.05) is 29.5 Å². The topological polar surface area (TPSA) is 64.0 Å². The Bertz CT molecular complexity index is 877. The van der Waals surface area contributed by atoms with E-state index in [9.17, 15) is 9.59 Å². The molecule has 0 aliphatic carbocycles. The summed E-state index contributed by atoms with van der Waals surface area (Å²) in [5.41, 5.74) is 2.34. The van der Waals surface area contributed by atoms with Crippen LogP contribution in [-0.2, 0) is 11.3 Å². The largest absolute Gasteiger partial charge is 0.324 e. The number of carbonyl (C=O) groups is 1. The van der Waals surface area contributed by atoms with E-state index in [0.717, 1.165) is 27.9 Å². The first-order valence-electron chi connectivity index (χ1n) is 6.93. The number of fused-ring (bicyclic) bond motifs is 1. The Kier molecular flexibility index (Phi) is 4.02. The molecule has 0 saturated heterocycles. The summed E-state index contributed by atoms with van der Waals surface area (Å²) in [5.74, 6) is -0.129. The molecule has 1 aromatic carbocycles. The van der Waals surface area contributed by atoms with Crippen LogP contribution in [0.15, 0.2) is 46.7 Å². The number of thiazole rings is 1. The summed E-state index contributed by atoms with van der Waals surface area (Å²) in [5, 5.41) is 5.65. The Balaban J connectivity index is 1.73. The van der Waals surface area contributed by atoms with Crippen LogP contribution in [0.4, 0.5) is 5.69 Å². The van der Waals surface area contributed by atoms with Crippen LogP contribution < -0.4 is 10.2 Å². The third-order valence-electron chi connectivity index (χ3n) is 3.45. The lowest BCUT2D eigenvalue weighted by molar-refractivity contribution is -0.116. The number of nitrogens with zero attached hydrogens (tertiary/aromatic N) is 2. The fraction of sp³-hybridized carbons (Fsp3) is 0.188. The molecule has 0 aliphatic heterocycles. The monoisotopic (exact) mass is 313 g/mol. The van der Waals surface area contributed by atoms with Crippen LogP contribution in [0.25, 0.3) is 10.9 Å². The highest BCUT2D eigenvalue weighted by Gasteiger charge is 2.09. The van der Waals surface area contributed by atoms with Crippen molar-refractivity contribution in [2.24, 2.45) is 0 Å². The van der Waals surface area contributed by atoms with Crippen molar-refractivity contribution in [2.75, 3.05) is 5.32 Å². The zero-order chi connectivity index (χ0) is 15.5. The zero-order valence-corrected chi connectivity index (χ0v) is 12.9. The van der Waals surface area contributed by atoms with E-state index in [-0.39, 0.29) is 17.2 Å². The summed E-state index contributed by atoms with van der Waals surface area (Å²) in [7, 11) is 0. The molecule has 0 spiro atoms. The fourth-order valence-corrected chi connectivity index (χ4v) is 3.07. The number of anilines is 1. The number of rotatable bonds is 4. The second-order valence-corrected chi connectivity index (χ2v) is 5.79. The molecule has 0 aliphatic rings. The van der Waals surface area contributed by atoms with Crippen molar-refractivity contribution in [3.05, 3.63) is 57.3 Å². The molecular formula is C16H15N3O2S. The minimum absolute atomic E-state index is 0.0304. The van der Waals surface area contributed by atoms with Crippen LogP contribution in [0, 0.1) is 6.92 Å². The van der Waals surface area contributed by atoms with E-state index < -0.39 is 0 Å². The maximum Gasteiger partial charge on any atom is 0.307 e. The van der Waals surface area contributed by atoms with Gasteiger partial charge in [0.15, 0.2) is 0 Å². The van der Waals surface area contributed by atoms with E-state index >= 15 is 0 Å². The Morgan fingerprint density at radius 2 is 2.14 bits per heavy atom. The summed E-state index contributed by atoms with van der Waals surface area (Å²) < 4.78 is 1.62. The highest BCUT2D eigenvalue weighted by Crippen LogP contribution is 2.20. The van der Waals surface area contributed by atoms with Gasteiger partial charge in [0, 0.05) is 35.6 Å². The first-order valence-corrected chi connectivity index (χ1v) is 7.81. The van der Waals surface area contributed by atoms with Gasteiger partial charge in [-0.25, -0.2) is 0 Å². The Labute approximate surface area is 131 Å². The van der Waals surface area contributed by atoms with Crippen molar-refractivity contribution in [1.82, 2.24) is 9.55 Å². The third-order valence-corrected chi connectivity index (χ3v) is 4.33. The van der Waals surface area contributed by atoms with E-state index in [4.69, 9.17) is 0 Å². The fourth-order valence-electron chi connectivity index (χ4n) is 2.31. The number of para-hydroxylation sites is 1. The molecule has 1 N–H and O–H groups in total. The second kappa shape index (κ2) is 6.11. The molecule has 2 heterocycles. The summed E-state index contributed by atoms with van der Waals surface area (Å²) in [6.07, 6.45) is 1.95. The molecule has 0 atom stereocenters. The first kappa shape index (κ1) is 14.5. The molecule has 0 saturated carbocycles. The molecule has 5 nitrogen and oxygen atoms in total. The van der Waals surface area contributed by atoms with E-state index in [0.29, 0.717) is 12.2 Å². The lowest BCUT2D eigenvalue weighted by Gasteiger charge is -2.08. The molecule has 22 heavy (non-hydrogen) atoms. The molecule has 6 heteroatoms. The number of hydrogen-bond acceptors (Lipinski definition) is 4. The summed E-state index contributed by atoms with van der Waals surface area (Å²) in [4.78, 5) is 28.0. The van der Waals surface area contributed by atoms with E-state index in [2.05, 4.69) is 10.3 Å². The SMILES string of the molecule is Cc1csc(=O)n1CCC(=O)Nc1cccc2cccnc12. The summed E-state index contributed by atoms with van der Waals surface area (Å²) in [6.45, 7) is 2.25. The standard InChI is InChI=1S/C16H15N3O2S/c1-11-10-22-16(21)19(11)9-7-14(20)18-13-6-2-4-12-5-3-8-17-15(12)13/h2-6,8,10H,7,9H2,1H3,(H,18,20). The van der Waals surface area contributed by atoms with Crippen molar-refractivity contribution in [2.45, 2.75) is 19.9 Å². The quantitative estimate of drug-likeness (QED) is 0.805. The number of carbonyl (C=O) groups excluding carboxylic acids is 1. The van der Waals surface area contributed by atoms with Gasteiger partial charge >= 0.3 is 4.87 Å². The smallest absolute Gasteiger partial charge is 0.307 e. The highest BCUT2D eigenvalue weighted by molar-refractivity contribution is 7.07. The van der Waals surface area contributed by atoms with Gasteiger partial charge in [0.05, 0.1) is 11.2 Å². The maximum absolute atomic E-state index is 12.1. The highest BCUT2D eigenvalue weighted by atomic mass is 32.1. The van der Waals surface area contributed by atoms with Crippen LogP contribution >= 0.6 is 11.3 Å². The lowest BCUT2D eigenvalue weighted by atomic mass is 10.2. The van der Waals surface area contributed by atoms with Gasteiger partial charge in [0.1, 0.15) is 0 Å². The van der Waals surface area contributed by atoms with Crippen LogP contribution in [0.1, 0.15) is 12.1 Å². The molecule has 0 radical (unpaired) electrons. The maximum atomic E-state index is 12.1. The number of hydrogen-bond donors (Lipinski definition) is 1. The molecule has 1 amide bonds. The number of amides is 1. The van der Waals surface area contributed by atoms with Gasteiger partial charge in [0.25, 0.3) is 0 Å². The minimum atomic E-state index is -0.129. The van der Waals surface area contributed by atoms with Crippen molar-refractivity contribution < 1.29 is 4.79 Å². The summed E-state index contributed by atoms with van der Waals surface area (Å²) >= 11 is 1.15. The predicted molar refractivity (Wildman–Crippen MR) is 88.3 cm³/mol. The zero-order valence-electron chi connectivity index (χ0n) is 12.1. The number of nitrogens with one attached hydrogen (secondary N) is 1. The van der Waals surface area contributed by atoms with Gasteiger partial charge < -0.3 is 9.88 Å². The predicted octanol–water partition coefficient (Wildman–Crippen LogP) is 2.80. The Hall–Kier alpha value is -2.47. The number of benzene rings is 1. The molecule has 0 unspecified atom stereocenters. The van der Waals surface area contributed by atoms with Crippen molar-refractivity contribution in [3.63, 3.8) is 0 Å². The van der Waals surface area contributed by atoms with Gasteiger partial charge in [-0.2, -0.15) is 0 Å². The Morgan fingerprint density at radius 1 is 1.32 bits per heavy atom. The third kappa shape index (κ3) is 2.92. The van der Waals surface area contributed by atoms with Crippen LogP contribution in [0.3, 0.4) is 0 Å². The van der Waals surface area contributed by atoms with E-state index in [1.807, 2.05) is 37.3 Å². The molecule has 112 valence electrons. The second-order valence-electron chi connectivity index (χ2n) is 4.97. The average molecular weight is 313 g/mol. The van der Waals surface area contributed by atoms with Crippen molar-refractivity contribution >= 4 is 33.8 Å². The lowest BCUT2D eigenvalue weighted by Crippen LogP contribution is -2.20. The van der Waals surface area contributed by atoms with Gasteiger partial charge in [-0.05, 0) is 19.1 Å². The van der Waals surface area contributed by atoms with Crippen LogP contribution in [0.5, 0.6) is 0 Å². The molecule has 2 aromatic heterocycles.